The number of hydrogen-bond acceptors (Lipinski definition) is 11. The van der Waals surface area contributed by atoms with E-state index in [4.69, 9.17) is 33.8 Å². The molecule has 0 spiro atoms. The van der Waals surface area contributed by atoms with E-state index in [1.807, 2.05) is 0 Å². The Balaban J connectivity index is 2.43. The van der Waals surface area contributed by atoms with Gasteiger partial charge in [0.1, 0.15) is 18.5 Å². The lowest BCUT2D eigenvalue weighted by molar-refractivity contribution is -0.288. The minimum Gasteiger partial charge on any atom is -0.463 e. The smallest absolute Gasteiger partial charge is 0.385 e. The van der Waals surface area contributed by atoms with E-state index in [0.29, 0.717) is 0 Å². The maximum atomic E-state index is 11.8. The normalized spacial score (nSPS) is 24.4. The van der Waals surface area contributed by atoms with Crippen LogP contribution in [-0.4, -0.2) is 61.2 Å². The van der Waals surface area contributed by atoms with E-state index in [1.165, 1.54) is 31.2 Å². The Labute approximate surface area is 183 Å². The molecule has 12 heteroatoms. The first-order chi connectivity index (χ1) is 15.1. The first-order valence-corrected chi connectivity index (χ1v) is 9.53. The molecule has 0 amide bonds. The largest absolute Gasteiger partial charge is 0.463 e. The molecule has 0 radical (unpaired) electrons. The van der Waals surface area contributed by atoms with Crippen molar-refractivity contribution in [1.82, 2.24) is 0 Å². The van der Waals surface area contributed by atoms with Crippen LogP contribution in [0.5, 0.6) is 5.75 Å². The Hall–Kier alpha value is -3.72. The molecule has 1 aromatic rings. The van der Waals surface area contributed by atoms with Crippen molar-refractivity contribution in [3.8, 4) is 5.75 Å². The summed E-state index contributed by atoms with van der Waals surface area (Å²) >= 11 is 0. The Morgan fingerprint density at radius 1 is 0.844 bits per heavy atom. The van der Waals surface area contributed by atoms with Crippen LogP contribution in [0.1, 0.15) is 27.7 Å². The molecule has 1 aromatic carbocycles. The molecule has 1 heterocycles. The zero-order valence-corrected chi connectivity index (χ0v) is 17.9. The number of nitrogens with zero attached hydrogens (tertiary/aromatic N) is 2. The van der Waals surface area contributed by atoms with E-state index in [2.05, 4.69) is 4.98 Å². The lowest BCUT2D eigenvalue weighted by Crippen LogP contribution is -2.63. The van der Waals surface area contributed by atoms with E-state index in [9.17, 15) is 19.2 Å². The van der Waals surface area contributed by atoms with Gasteiger partial charge in [-0.1, -0.05) is 0 Å². The third-order valence-electron chi connectivity index (χ3n) is 4.15. The molecule has 32 heavy (non-hydrogen) atoms. The van der Waals surface area contributed by atoms with Crippen LogP contribution in [0.2, 0.25) is 0 Å². The molecule has 0 aromatic heterocycles. The third-order valence-corrected chi connectivity index (χ3v) is 4.15. The van der Waals surface area contributed by atoms with E-state index >= 15 is 0 Å². The minimum atomic E-state index is -1.34. The summed E-state index contributed by atoms with van der Waals surface area (Å²) in [5.74, 6) is -2.60. The fourth-order valence-electron chi connectivity index (χ4n) is 3.01. The SMILES string of the molecule is CC(=O)OC[C@H]1O[C@H](Oc2ccc([N+]#N)cc2)[C@@H](OC(C)=O)[C@@H](OC(C)=O)[C@@H]1OC(C)=O. The second-order valence-corrected chi connectivity index (χ2v) is 6.78. The average molecular weight is 451 g/mol. The van der Waals surface area contributed by atoms with Crippen molar-refractivity contribution < 1.29 is 47.6 Å². The summed E-state index contributed by atoms with van der Waals surface area (Å²) < 4.78 is 32.5. The second kappa shape index (κ2) is 11.1. The fourth-order valence-corrected chi connectivity index (χ4v) is 3.01. The summed E-state index contributed by atoms with van der Waals surface area (Å²) in [4.78, 5) is 49.6. The van der Waals surface area contributed by atoms with E-state index in [1.54, 1.807) is 0 Å². The predicted octanol–water partition coefficient (Wildman–Crippen LogP) is 1.63. The maximum absolute atomic E-state index is 11.8. The molecule has 172 valence electrons. The van der Waals surface area contributed by atoms with Crippen LogP contribution >= 0.6 is 0 Å². The highest BCUT2D eigenvalue weighted by Crippen LogP contribution is 2.31. The van der Waals surface area contributed by atoms with Gasteiger partial charge >= 0.3 is 29.6 Å². The molecule has 0 bridgehead atoms. The zero-order chi connectivity index (χ0) is 23.8. The molecule has 1 saturated heterocycles. The second-order valence-electron chi connectivity index (χ2n) is 6.78. The van der Waals surface area contributed by atoms with Crippen LogP contribution in [0.15, 0.2) is 24.3 Å². The first kappa shape index (κ1) is 24.5. The molecule has 2 rings (SSSR count). The number of esters is 4. The number of hydrogen-bond donors (Lipinski definition) is 0. The van der Waals surface area contributed by atoms with Gasteiger partial charge in [0.15, 0.2) is 17.2 Å². The zero-order valence-electron chi connectivity index (χ0n) is 17.9. The molecule has 1 aliphatic heterocycles. The minimum absolute atomic E-state index is 0.235. The Morgan fingerprint density at radius 2 is 1.38 bits per heavy atom. The number of carbonyl (C=O) groups excluding carboxylic acids is 4. The monoisotopic (exact) mass is 451 g/mol. The highest BCUT2D eigenvalue weighted by molar-refractivity contribution is 5.68. The Morgan fingerprint density at radius 3 is 1.88 bits per heavy atom. The number of benzene rings is 1. The fraction of sp³-hybridized carbons (Fsp3) is 0.500. The van der Waals surface area contributed by atoms with Crippen molar-refractivity contribution >= 4 is 29.6 Å². The lowest BCUT2D eigenvalue weighted by atomic mass is 9.98. The van der Waals surface area contributed by atoms with Gasteiger partial charge in [-0.15, -0.1) is 0 Å². The topological polar surface area (TPSA) is 152 Å². The molecule has 12 nitrogen and oxygen atoms in total. The standard InChI is InChI=1S/C20H23N2O10/c1-10(23)27-9-16-17(28-11(2)24)18(29-12(3)25)19(30-13(4)26)20(32-16)31-15-7-5-14(22-21)6-8-15/h5-8,16-20H,9H2,1-4H3/q+1/t16-,17-,18+,19+,20+/m1/s1. The van der Waals surface area contributed by atoms with Crippen molar-refractivity contribution in [2.45, 2.75) is 58.4 Å². The lowest BCUT2D eigenvalue weighted by Gasteiger charge is -2.43. The molecule has 0 unspecified atom stereocenters. The number of rotatable bonds is 7. The van der Waals surface area contributed by atoms with Gasteiger partial charge in [0.25, 0.3) is 0 Å². The summed E-state index contributed by atoms with van der Waals surface area (Å²) in [5, 5.41) is 8.82. The van der Waals surface area contributed by atoms with Crippen LogP contribution in [-0.2, 0) is 42.9 Å². The summed E-state index contributed by atoms with van der Waals surface area (Å²) in [6.45, 7) is 4.20. The van der Waals surface area contributed by atoms with E-state index < -0.39 is 54.6 Å². The summed E-state index contributed by atoms with van der Waals surface area (Å²) in [6, 6.07) is 5.81. The molecular formula is C20H23N2O10+. The molecule has 0 aliphatic carbocycles. The van der Waals surface area contributed by atoms with Crippen molar-refractivity contribution in [3.63, 3.8) is 0 Å². The quantitative estimate of drug-likeness (QED) is 0.338. The molecule has 0 saturated carbocycles. The van der Waals surface area contributed by atoms with Crippen molar-refractivity contribution in [1.29, 1.82) is 5.39 Å². The highest BCUT2D eigenvalue weighted by Gasteiger charge is 2.53. The van der Waals surface area contributed by atoms with Gasteiger partial charge in [0.2, 0.25) is 17.8 Å². The van der Waals surface area contributed by atoms with Crippen LogP contribution in [0.3, 0.4) is 0 Å². The van der Waals surface area contributed by atoms with Crippen LogP contribution in [0.4, 0.5) is 5.69 Å². The third kappa shape index (κ3) is 6.92. The van der Waals surface area contributed by atoms with Crippen LogP contribution < -0.4 is 4.74 Å². The first-order valence-electron chi connectivity index (χ1n) is 9.53. The maximum Gasteiger partial charge on any atom is 0.385 e. The Kier molecular flexibility index (Phi) is 8.48. The molecule has 1 aliphatic rings. The average Bonchev–Trinajstić information content (AvgIpc) is 2.70. The van der Waals surface area contributed by atoms with Gasteiger partial charge < -0.3 is 28.4 Å². The van der Waals surface area contributed by atoms with Gasteiger partial charge in [0, 0.05) is 39.8 Å². The van der Waals surface area contributed by atoms with Crippen LogP contribution in [0.25, 0.3) is 4.98 Å². The highest BCUT2D eigenvalue weighted by atomic mass is 16.7. The van der Waals surface area contributed by atoms with Gasteiger partial charge in [-0.3, -0.25) is 19.2 Å². The van der Waals surface area contributed by atoms with Gasteiger partial charge in [-0.2, -0.15) is 0 Å². The Bertz CT molecular complexity index is 895. The molecule has 0 N–H and O–H groups in total. The number of carbonyl (C=O) groups is 4. The van der Waals surface area contributed by atoms with Crippen molar-refractivity contribution in [2.24, 2.45) is 0 Å². The molecule has 5 atom stereocenters. The summed E-state index contributed by atoms with van der Waals surface area (Å²) in [5.41, 5.74) is 0.263. The molecular weight excluding hydrogens is 428 g/mol. The van der Waals surface area contributed by atoms with Gasteiger partial charge in [-0.05, 0) is 12.1 Å². The number of diazo groups is 1. The summed E-state index contributed by atoms with van der Waals surface area (Å²) in [7, 11) is 0. The van der Waals surface area contributed by atoms with Crippen molar-refractivity contribution in [2.75, 3.05) is 6.61 Å². The summed E-state index contributed by atoms with van der Waals surface area (Å²) in [6.07, 6.45) is -6.39. The van der Waals surface area contributed by atoms with E-state index in [0.717, 1.165) is 20.8 Å². The predicted molar refractivity (Wildman–Crippen MR) is 104 cm³/mol. The molecule has 1 fully saturated rings. The van der Waals surface area contributed by atoms with Crippen LogP contribution in [0, 0.1) is 5.39 Å². The van der Waals surface area contributed by atoms with Gasteiger partial charge in [-0.25, -0.2) is 0 Å². The van der Waals surface area contributed by atoms with E-state index in [-0.39, 0.29) is 18.0 Å². The van der Waals surface area contributed by atoms with Crippen molar-refractivity contribution in [3.05, 3.63) is 29.2 Å². The number of ether oxygens (including phenoxy) is 6. The van der Waals surface area contributed by atoms with Gasteiger partial charge in [0.05, 0.1) is 0 Å².